The normalized spacial score (nSPS) is 9.56. The molecular weight excluding hydrogens is 204 g/mol. The number of carbonyl (C=O) groups excluding carboxylic acids is 1. The first-order chi connectivity index (χ1) is 7.79. The molecule has 2 rings (SSSR count). The van der Waals surface area contributed by atoms with Gasteiger partial charge in [-0.25, -0.2) is 0 Å². The van der Waals surface area contributed by atoms with Gasteiger partial charge in [0.25, 0.3) is 0 Å². The predicted molar refractivity (Wildman–Crippen MR) is 59.7 cm³/mol. The molecule has 3 heteroatoms. The molecule has 0 amide bonds. The summed E-state index contributed by atoms with van der Waals surface area (Å²) in [5, 5.41) is 1.00. The lowest BCUT2D eigenvalue weighted by atomic mass is 10.1. The molecule has 1 aromatic heterocycles. The third-order valence-corrected chi connectivity index (χ3v) is 2.15. The van der Waals surface area contributed by atoms with Crippen molar-refractivity contribution in [1.82, 2.24) is 0 Å². The fourth-order valence-corrected chi connectivity index (χ4v) is 1.34. The summed E-state index contributed by atoms with van der Waals surface area (Å²) in [6.45, 7) is 0. The van der Waals surface area contributed by atoms with E-state index in [0.717, 1.165) is 16.5 Å². The summed E-state index contributed by atoms with van der Waals surface area (Å²) < 4.78 is 9.70. The zero-order valence-corrected chi connectivity index (χ0v) is 8.82. The van der Waals surface area contributed by atoms with E-state index in [1.54, 1.807) is 6.26 Å². The molecule has 0 unspecified atom stereocenters. The number of hydrogen-bond acceptors (Lipinski definition) is 3. The molecular formula is C13H10O3. The Morgan fingerprint density at radius 1 is 1.44 bits per heavy atom. The second kappa shape index (κ2) is 4.54. The SMILES string of the molecule is COC(=O)CC#Cc1ccc2occc2c1. The third-order valence-electron chi connectivity index (χ3n) is 2.15. The van der Waals surface area contributed by atoms with Crippen molar-refractivity contribution in [1.29, 1.82) is 0 Å². The van der Waals surface area contributed by atoms with Gasteiger partial charge in [-0.1, -0.05) is 11.8 Å². The first-order valence-electron chi connectivity index (χ1n) is 4.82. The predicted octanol–water partition coefficient (Wildman–Crippen LogP) is 2.35. The van der Waals surface area contributed by atoms with Gasteiger partial charge in [0.15, 0.2) is 0 Å². The Morgan fingerprint density at radius 3 is 3.12 bits per heavy atom. The van der Waals surface area contributed by atoms with Crippen molar-refractivity contribution in [2.45, 2.75) is 6.42 Å². The molecule has 0 bridgehead atoms. The summed E-state index contributed by atoms with van der Waals surface area (Å²) in [7, 11) is 1.35. The van der Waals surface area contributed by atoms with E-state index in [4.69, 9.17) is 4.42 Å². The molecule has 0 saturated carbocycles. The molecule has 80 valence electrons. The highest BCUT2D eigenvalue weighted by Crippen LogP contribution is 2.16. The molecule has 16 heavy (non-hydrogen) atoms. The quantitative estimate of drug-likeness (QED) is 0.540. The highest BCUT2D eigenvalue weighted by Gasteiger charge is 1.97. The van der Waals surface area contributed by atoms with E-state index >= 15 is 0 Å². The number of rotatable bonds is 1. The van der Waals surface area contributed by atoms with E-state index < -0.39 is 0 Å². The van der Waals surface area contributed by atoms with Crippen LogP contribution in [0.2, 0.25) is 0 Å². The van der Waals surface area contributed by atoms with Crippen LogP contribution in [0.25, 0.3) is 11.0 Å². The number of furan rings is 1. The highest BCUT2D eigenvalue weighted by molar-refractivity contribution is 5.79. The lowest BCUT2D eigenvalue weighted by Gasteiger charge is -1.91. The topological polar surface area (TPSA) is 39.4 Å². The maximum Gasteiger partial charge on any atom is 0.317 e. The largest absolute Gasteiger partial charge is 0.468 e. The second-order valence-electron chi connectivity index (χ2n) is 3.23. The van der Waals surface area contributed by atoms with Crippen molar-refractivity contribution in [2.24, 2.45) is 0 Å². The van der Waals surface area contributed by atoms with E-state index in [1.807, 2.05) is 24.3 Å². The van der Waals surface area contributed by atoms with Crippen molar-refractivity contribution in [3.8, 4) is 11.8 Å². The van der Waals surface area contributed by atoms with Crippen LogP contribution in [-0.4, -0.2) is 13.1 Å². The molecule has 0 aliphatic rings. The van der Waals surface area contributed by atoms with Gasteiger partial charge >= 0.3 is 5.97 Å². The molecule has 1 heterocycles. The zero-order chi connectivity index (χ0) is 11.4. The Kier molecular flexibility index (Phi) is 2.93. The summed E-state index contributed by atoms with van der Waals surface area (Å²) in [6.07, 6.45) is 1.75. The monoisotopic (exact) mass is 214 g/mol. The Balaban J connectivity index is 2.17. The standard InChI is InChI=1S/C13H10O3/c1-15-13(14)4-2-3-10-5-6-12-11(9-10)7-8-16-12/h5-9H,4H2,1H3. The van der Waals surface area contributed by atoms with Crippen molar-refractivity contribution in [3.63, 3.8) is 0 Å². The van der Waals surface area contributed by atoms with Crippen LogP contribution in [0.5, 0.6) is 0 Å². The Morgan fingerprint density at radius 2 is 2.31 bits per heavy atom. The van der Waals surface area contributed by atoms with E-state index in [9.17, 15) is 4.79 Å². The van der Waals surface area contributed by atoms with E-state index in [-0.39, 0.29) is 12.4 Å². The van der Waals surface area contributed by atoms with Gasteiger partial charge in [-0.05, 0) is 24.3 Å². The Labute approximate surface area is 93.0 Å². The van der Waals surface area contributed by atoms with Gasteiger partial charge in [0.1, 0.15) is 12.0 Å². The average Bonchev–Trinajstić information content (AvgIpc) is 2.76. The number of carbonyl (C=O) groups is 1. The Bertz CT molecular complexity index is 569. The van der Waals surface area contributed by atoms with Gasteiger partial charge in [-0.15, -0.1) is 0 Å². The summed E-state index contributed by atoms with van der Waals surface area (Å²) in [5.41, 5.74) is 1.69. The lowest BCUT2D eigenvalue weighted by molar-refractivity contribution is -0.139. The van der Waals surface area contributed by atoms with Gasteiger partial charge < -0.3 is 9.15 Å². The minimum Gasteiger partial charge on any atom is -0.468 e. The summed E-state index contributed by atoms with van der Waals surface area (Å²) in [5.74, 6) is 5.33. The third kappa shape index (κ3) is 2.23. The van der Waals surface area contributed by atoms with Crippen LogP contribution in [0, 0.1) is 11.8 Å². The molecule has 1 aromatic carbocycles. The van der Waals surface area contributed by atoms with Crippen LogP contribution >= 0.6 is 0 Å². The van der Waals surface area contributed by atoms with Crippen LogP contribution in [0.4, 0.5) is 0 Å². The van der Waals surface area contributed by atoms with Crippen molar-refractivity contribution < 1.29 is 13.9 Å². The number of benzene rings is 1. The minimum absolute atomic E-state index is 0.111. The van der Waals surface area contributed by atoms with E-state index in [2.05, 4.69) is 16.6 Å². The fraction of sp³-hybridized carbons (Fsp3) is 0.154. The van der Waals surface area contributed by atoms with Crippen LogP contribution < -0.4 is 0 Å². The van der Waals surface area contributed by atoms with Crippen LogP contribution in [0.3, 0.4) is 0 Å². The van der Waals surface area contributed by atoms with Gasteiger partial charge in [0.05, 0.1) is 13.4 Å². The van der Waals surface area contributed by atoms with E-state index in [0.29, 0.717) is 0 Å². The highest BCUT2D eigenvalue weighted by atomic mass is 16.5. The fourth-order valence-electron chi connectivity index (χ4n) is 1.34. The van der Waals surface area contributed by atoms with Crippen LogP contribution in [0.15, 0.2) is 34.9 Å². The van der Waals surface area contributed by atoms with Gasteiger partial charge in [0.2, 0.25) is 0 Å². The minimum atomic E-state index is -0.322. The van der Waals surface area contributed by atoms with Crippen molar-refractivity contribution in [2.75, 3.05) is 7.11 Å². The number of fused-ring (bicyclic) bond motifs is 1. The van der Waals surface area contributed by atoms with Gasteiger partial charge in [-0.2, -0.15) is 0 Å². The zero-order valence-electron chi connectivity index (χ0n) is 8.82. The van der Waals surface area contributed by atoms with Crippen molar-refractivity contribution in [3.05, 3.63) is 36.1 Å². The second-order valence-corrected chi connectivity index (χ2v) is 3.23. The molecule has 0 atom stereocenters. The summed E-state index contributed by atoms with van der Waals surface area (Å²) in [4.78, 5) is 10.8. The first kappa shape index (κ1) is 10.3. The average molecular weight is 214 g/mol. The number of hydrogen-bond donors (Lipinski definition) is 0. The summed E-state index contributed by atoms with van der Waals surface area (Å²) in [6, 6.07) is 7.51. The number of ether oxygens (including phenoxy) is 1. The first-order valence-corrected chi connectivity index (χ1v) is 4.82. The molecule has 0 aliphatic carbocycles. The van der Waals surface area contributed by atoms with Gasteiger partial charge in [0, 0.05) is 10.9 Å². The summed E-state index contributed by atoms with van der Waals surface area (Å²) >= 11 is 0. The Hall–Kier alpha value is -2.21. The maximum atomic E-state index is 10.8. The molecule has 3 nitrogen and oxygen atoms in total. The molecule has 2 aromatic rings. The molecule has 0 saturated heterocycles. The number of methoxy groups -OCH3 is 1. The van der Waals surface area contributed by atoms with E-state index in [1.165, 1.54) is 7.11 Å². The molecule has 0 N–H and O–H groups in total. The molecule has 0 spiro atoms. The number of esters is 1. The smallest absolute Gasteiger partial charge is 0.317 e. The maximum absolute atomic E-state index is 10.8. The van der Waals surface area contributed by atoms with Crippen LogP contribution in [-0.2, 0) is 9.53 Å². The molecule has 0 fully saturated rings. The van der Waals surface area contributed by atoms with Crippen LogP contribution in [0.1, 0.15) is 12.0 Å². The van der Waals surface area contributed by atoms with Gasteiger partial charge in [-0.3, -0.25) is 4.79 Å². The molecule has 0 radical (unpaired) electrons. The lowest BCUT2D eigenvalue weighted by Crippen LogP contribution is -1.96. The van der Waals surface area contributed by atoms with Crippen molar-refractivity contribution >= 4 is 16.9 Å². The molecule has 0 aliphatic heterocycles.